The molecule has 0 N–H and O–H groups in total. The van der Waals surface area contributed by atoms with Gasteiger partial charge in [0.05, 0.1) is 6.61 Å². The summed E-state index contributed by atoms with van der Waals surface area (Å²) in [6.45, 7) is 1.95. The minimum absolute atomic E-state index is 0.0497. The second kappa shape index (κ2) is 7.79. The van der Waals surface area contributed by atoms with Crippen LogP contribution < -0.4 is 0 Å². The van der Waals surface area contributed by atoms with Crippen molar-refractivity contribution < 1.29 is 36.3 Å². The van der Waals surface area contributed by atoms with Gasteiger partial charge in [-0.25, -0.2) is 26.7 Å². The minimum Gasteiger partial charge on any atom is -0.464 e. The molecule has 1 fully saturated rings. The molecule has 1 aliphatic heterocycles. The van der Waals surface area contributed by atoms with Gasteiger partial charge in [0.25, 0.3) is 5.91 Å². The molecular formula is C16H16F5NO3. The second-order valence-corrected chi connectivity index (χ2v) is 5.62. The van der Waals surface area contributed by atoms with Crippen LogP contribution >= 0.6 is 0 Å². The number of benzene rings is 1. The van der Waals surface area contributed by atoms with E-state index in [9.17, 15) is 31.5 Å². The number of hydrogen-bond acceptors (Lipinski definition) is 3. The highest BCUT2D eigenvalue weighted by Crippen LogP contribution is 2.27. The van der Waals surface area contributed by atoms with Crippen LogP contribution in [0.2, 0.25) is 0 Å². The summed E-state index contributed by atoms with van der Waals surface area (Å²) in [6.07, 6.45) is 1.90. The number of likely N-dealkylation sites (tertiary alicyclic amines) is 1. The zero-order chi connectivity index (χ0) is 18.7. The molecule has 1 aromatic rings. The Morgan fingerprint density at radius 2 is 1.60 bits per heavy atom. The van der Waals surface area contributed by atoms with E-state index in [0.717, 1.165) is 11.3 Å². The van der Waals surface area contributed by atoms with Gasteiger partial charge in [-0.05, 0) is 19.3 Å². The van der Waals surface area contributed by atoms with Crippen LogP contribution in [-0.4, -0.2) is 36.0 Å². The Balaban J connectivity index is 2.29. The highest BCUT2D eigenvalue weighted by Gasteiger charge is 2.39. The van der Waals surface area contributed by atoms with E-state index in [1.807, 2.05) is 6.92 Å². The van der Waals surface area contributed by atoms with Crippen molar-refractivity contribution in [3.63, 3.8) is 0 Å². The van der Waals surface area contributed by atoms with E-state index in [1.165, 1.54) is 0 Å². The molecule has 25 heavy (non-hydrogen) atoms. The monoisotopic (exact) mass is 365 g/mol. The van der Waals surface area contributed by atoms with Gasteiger partial charge in [0.15, 0.2) is 23.3 Å². The predicted octanol–water partition coefficient (Wildman–Crippen LogP) is 3.33. The van der Waals surface area contributed by atoms with Gasteiger partial charge in [-0.15, -0.1) is 0 Å². The van der Waals surface area contributed by atoms with E-state index in [4.69, 9.17) is 4.74 Å². The molecule has 1 unspecified atom stereocenters. The van der Waals surface area contributed by atoms with Crippen molar-refractivity contribution in [2.24, 2.45) is 0 Å². The molecule has 0 saturated carbocycles. The van der Waals surface area contributed by atoms with E-state index in [0.29, 0.717) is 12.8 Å². The number of hydrogen-bond donors (Lipinski definition) is 0. The SMILES string of the molecule is CCCCOC(=O)C1CCCN1C(=O)c1c(F)c(F)c(F)c(F)c1F. The lowest BCUT2D eigenvalue weighted by atomic mass is 10.1. The van der Waals surface area contributed by atoms with Crippen LogP contribution in [0.1, 0.15) is 43.0 Å². The molecule has 1 aliphatic rings. The van der Waals surface area contributed by atoms with Crippen LogP contribution in [0.4, 0.5) is 22.0 Å². The predicted molar refractivity (Wildman–Crippen MR) is 76.2 cm³/mol. The smallest absolute Gasteiger partial charge is 0.328 e. The van der Waals surface area contributed by atoms with E-state index in [2.05, 4.69) is 0 Å². The van der Waals surface area contributed by atoms with Gasteiger partial charge in [-0.2, -0.15) is 0 Å². The lowest BCUT2D eigenvalue weighted by Crippen LogP contribution is -2.42. The maximum absolute atomic E-state index is 13.8. The van der Waals surface area contributed by atoms with Crippen molar-refractivity contribution in [1.82, 2.24) is 4.90 Å². The van der Waals surface area contributed by atoms with Crippen molar-refractivity contribution in [2.75, 3.05) is 13.2 Å². The molecule has 1 amide bonds. The highest BCUT2D eigenvalue weighted by atomic mass is 19.2. The van der Waals surface area contributed by atoms with Gasteiger partial charge >= 0.3 is 5.97 Å². The van der Waals surface area contributed by atoms with Crippen molar-refractivity contribution in [3.05, 3.63) is 34.6 Å². The zero-order valence-corrected chi connectivity index (χ0v) is 13.4. The van der Waals surface area contributed by atoms with Crippen LogP contribution in [0.15, 0.2) is 0 Å². The largest absolute Gasteiger partial charge is 0.464 e. The van der Waals surface area contributed by atoms with Gasteiger partial charge in [-0.3, -0.25) is 4.79 Å². The number of carbonyl (C=O) groups excluding carboxylic acids is 2. The molecule has 2 rings (SSSR count). The first-order valence-electron chi connectivity index (χ1n) is 7.80. The van der Waals surface area contributed by atoms with Crippen molar-refractivity contribution in [3.8, 4) is 0 Å². The first-order chi connectivity index (χ1) is 11.8. The molecule has 1 heterocycles. The molecular weight excluding hydrogens is 349 g/mol. The van der Waals surface area contributed by atoms with Crippen LogP contribution in [0.25, 0.3) is 0 Å². The molecule has 1 atom stereocenters. The number of halogens is 5. The summed E-state index contributed by atoms with van der Waals surface area (Å²) >= 11 is 0. The molecule has 138 valence electrons. The van der Waals surface area contributed by atoms with E-state index >= 15 is 0 Å². The van der Waals surface area contributed by atoms with E-state index < -0.39 is 52.6 Å². The molecule has 9 heteroatoms. The Morgan fingerprint density at radius 3 is 2.16 bits per heavy atom. The van der Waals surface area contributed by atoms with Gasteiger partial charge < -0.3 is 9.64 Å². The van der Waals surface area contributed by atoms with Crippen LogP contribution in [-0.2, 0) is 9.53 Å². The fourth-order valence-electron chi connectivity index (χ4n) is 2.60. The minimum atomic E-state index is -2.34. The molecule has 0 aromatic heterocycles. The molecule has 0 spiro atoms. The molecule has 0 aliphatic carbocycles. The van der Waals surface area contributed by atoms with Crippen LogP contribution in [0, 0.1) is 29.1 Å². The highest BCUT2D eigenvalue weighted by molar-refractivity contribution is 5.97. The molecule has 1 aromatic carbocycles. The number of rotatable bonds is 5. The van der Waals surface area contributed by atoms with Crippen molar-refractivity contribution in [2.45, 2.75) is 38.6 Å². The van der Waals surface area contributed by atoms with Crippen molar-refractivity contribution >= 4 is 11.9 Å². The van der Waals surface area contributed by atoms with Crippen molar-refractivity contribution in [1.29, 1.82) is 0 Å². The lowest BCUT2D eigenvalue weighted by molar-refractivity contribution is -0.148. The number of amides is 1. The van der Waals surface area contributed by atoms with Crippen LogP contribution in [0.3, 0.4) is 0 Å². The fourth-order valence-corrected chi connectivity index (χ4v) is 2.60. The average Bonchev–Trinajstić information content (AvgIpc) is 3.08. The average molecular weight is 365 g/mol. The quantitative estimate of drug-likeness (QED) is 0.264. The first kappa shape index (κ1) is 19.1. The Bertz CT molecular complexity index is 666. The third-order valence-electron chi connectivity index (χ3n) is 3.95. The number of nitrogens with zero attached hydrogens (tertiary/aromatic N) is 1. The van der Waals surface area contributed by atoms with Gasteiger partial charge in [0, 0.05) is 6.54 Å². The normalized spacial score (nSPS) is 17.0. The molecule has 0 bridgehead atoms. The Labute approximate surface area is 140 Å². The maximum Gasteiger partial charge on any atom is 0.328 e. The zero-order valence-electron chi connectivity index (χ0n) is 13.4. The topological polar surface area (TPSA) is 46.6 Å². The van der Waals surface area contributed by atoms with E-state index in [-0.39, 0.29) is 19.6 Å². The number of ether oxygens (including phenoxy) is 1. The number of unbranched alkanes of at least 4 members (excludes halogenated alkanes) is 1. The summed E-state index contributed by atoms with van der Waals surface area (Å²) < 4.78 is 72.2. The summed E-state index contributed by atoms with van der Waals surface area (Å²) in [7, 11) is 0. The summed E-state index contributed by atoms with van der Waals surface area (Å²) in [5.74, 6) is -13.4. The third kappa shape index (κ3) is 3.59. The fraction of sp³-hybridized carbons (Fsp3) is 0.500. The van der Waals surface area contributed by atoms with Gasteiger partial charge in [-0.1, -0.05) is 13.3 Å². The molecule has 1 saturated heterocycles. The van der Waals surface area contributed by atoms with Gasteiger partial charge in [0.1, 0.15) is 11.6 Å². The van der Waals surface area contributed by atoms with Gasteiger partial charge in [0.2, 0.25) is 5.82 Å². The number of carbonyl (C=O) groups is 2. The van der Waals surface area contributed by atoms with Crippen LogP contribution in [0.5, 0.6) is 0 Å². The molecule has 0 radical (unpaired) electrons. The lowest BCUT2D eigenvalue weighted by Gasteiger charge is -2.24. The molecule has 4 nitrogen and oxygen atoms in total. The van der Waals surface area contributed by atoms with E-state index in [1.54, 1.807) is 0 Å². The maximum atomic E-state index is 13.8. The third-order valence-corrected chi connectivity index (χ3v) is 3.95. The Morgan fingerprint density at radius 1 is 1.04 bits per heavy atom. The summed E-state index contributed by atoms with van der Waals surface area (Å²) in [4.78, 5) is 25.1. The number of esters is 1. The standard InChI is InChI=1S/C16H16F5NO3/c1-2-3-7-25-16(24)8-5-4-6-22(8)15(23)9-10(17)12(19)14(21)13(20)11(9)18/h8H,2-7H2,1H3. The summed E-state index contributed by atoms with van der Waals surface area (Å²) in [5.41, 5.74) is -1.57. The first-order valence-corrected chi connectivity index (χ1v) is 7.80. The second-order valence-electron chi connectivity index (χ2n) is 5.62. The Hall–Kier alpha value is -2.19. The summed E-state index contributed by atoms with van der Waals surface area (Å²) in [5, 5.41) is 0. The Kier molecular flexibility index (Phi) is 5.97. The summed E-state index contributed by atoms with van der Waals surface area (Å²) in [6, 6.07) is -1.11.